The van der Waals surface area contributed by atoms with Crippen molar-refractivity contribution in [3.05, 3.63) is 110 Å². The van der Waals surface area contributed by atoms with E-state index >= 15 is 0 Å². The summed E-state index contributed by atoms with van der Waals surface area (Å²) >= 11 is 18.6. The normalized spacial score (nSPS) is 10.9. The molecule has 0 atom stereocenters. The molecule has 4 aromatic rings. The van der Waals surface area contributed by atoms with Crippen molar-refractivity contribution in [3.63, 3.8) is 0 Å². The van der Waals surface area contributed by atoms with Crippen molar-refractivity contribution < 1.29 is 9.53 Å². The number of aryl methyl sites for hydroxylation is 1. The van der Waals surface area contributed by atoms with Crippen LogP contribution in [0.1, 0.15) is 32.9 Å². The predicted molar refractivity (Wildman–Crippen MR) is 137 cm³/mol. The van der Waals surface area contributed by atoms with Crippen molar-refractivity contribution >= 4 is 46.4 Å². The van der Waals surface area contributed by atoms with Gasteiger partial charge in [-0.2, -0.15) is 5.10 Å². The van der Waals surface area contributed by atoms with E-state index in [-0.39, 0.29) is 5.91 Å². The number of aromatic nitrogens is 2. The van der Waals surface area contributed by atoms with Crippen LogP contribution in [0.25, 0.3) is 0 Å². The molecule has 1 amide bonds. The molecule has 5 nitrogen and oxygen atoms in total. The summed E-state index contributed by atoms with van der Waals surface area (Å²) in [4.78, 5) is 13.0. The molecule has 34 heavy (non-hydrogen) atoms. The molecular formula is C26H22Cl3N3O2. The first kappa shape index (κ1) is 24.1. The van der Waals surface area contributed by atoms with Crippen LogP contribution in [-0.2, 0) is 13.2 Å². The zero-order valence-electron chi connectivity index (χ0n) is 18.6. The van der Waals surface area contributed by atoms with Gasteiger partial charge in [-0.05, 0) is 61.9 Å². The maximum absolute atomic E-state index is 13.0. The Hall–Kier alpha value is -2.99. The maximum Gasteiger partial charge on any atom is 0.255 e. The number of ether oxygens (including phenoxy) is 1. The molecule has 0 spiro atoms. The third-order valence-corrected chi connectivity index (χ3v) is 6.32. The van der Waals surface area contributed by atoms with Gasteiger partial charge in [-0.25, -0.2) is 0 Å². The number of carbonyl (C=O) groups excluding carboxylic acids is 1. The Kier molecular flexibility index (Phi) is 7.47. The van der Waals surface area contributed by atoms with Gasteiger partial charge in [0.1, 0.15) is 12.4 Å². The molecule has 0 bridgehead atoms. The van der Waals surface area contributed by atoms with Crippen molar-refractivity contribution in [2.75, 3.05) is 5.32 Å². The number of carbonyl (C=O) groups is 1. The molecule has 0 aliphatic heterocycles. The van der Waals surface area contributed by atoms with Gasteiger partial charge in [0.25, 0.3) is 5.91 Å². The van der Waals surface area contributed by atoms with Gasteiger partial charge in [0.05, 0.1) is 23.6 Å². The van der Waals surface area contributed by atoms with Crippen LogP contribution in [0.2, 0.25) is 15.1 Å². The highest BCUT2D eigenvalue weighted by atomic mass is 35.5. The summed E-state index contributed by atoms with van der Waals surface area (Å²) in [6, 6.07) is 19.9. The molecule has 0 aliphatic carbocycles. The molecule has 3 aromatic carbocycles. The highest BCUT2D eigenvalue weighted by Gasteiger charge is 2.17. The summed E-state index contributed by atoms with van der Waals surface area (Å²) in [5.41, 5.74) is 4.34. The topological polar surface area (TPSA) is 56.2 Å². The van der Waals surface area contributed by atoms with Gasteiger partial charge < -0.3 is 10.1 Å². The van der Waals surface area contributed by atoms with Crippen LogP contribution in [0.15, 0.2) is 66.7 Å². The summed E-state index contributed by atoms with van der Waals surface area (Å²) in [6.45, 7) is 4.46. The molecule has 0 saturated heterocycles. The molecule has 1 heterocycles. The molecule has 1 aromatic heterocycles. The third-order valence-electron chi connectivity index (χ3n) is 5.38. The lowest BCUT2D eigenvalue weighted by molar-refractivity contribution is 0.102. The van der Waals surface area contributed by atoms with Crippen LogP contribution in [0.4, 0.5) is 5.69 Å². The molecule has 4 rings (SSSR count). The summed E-state index contributed by atoms with van der Waals surface area (Å²) in [6.07, 6.45) is 0. The van der Waals surface area contributed by atoms with Crippen molar-refractivity contribution in [2.24, 2.45) is 0 Å². The molecule has 0 fully saturated rings. The molecule has 0 unspecified atom stereocenters. The van der Waals surface area contributed by atoms with E-state index in [0.29, 0.717) is 50.9 Å². The number of hydrogen-bond acceptors (Lipinski definition) is 3. The second kappa shape index (κ2) is 10.5. The van der Waals surface area contributed by atoms with Crippen LogP contribution < -0.4 is 10.1 Å². The van der Waals surface area contributed by atoms with Crippen LogP contribution in [0.5, 0.6) is 5.75 Å². The largest absolute Gasteiger partial charge is 0.489 e. The minimum absolute atomic E-state index is 0.230. The summed E-state index contributed by atoms with van der Waals surface area (Å²) in [5.74, 6) is 0.436. The molecule has 174 valence electrons. The van der Waals surface area contributed by atoms with E-state index in [2.05, 4.69) is 10.4 Å². The van der Waals surface area contributed by atoms with Crippen molar-refractivity contribution in [1.29, 1.82) is 0 Å². The fraction of sp³-hybridized carbons (Fsp3) is 0.154. The molecule has 0 aliphatic rings. The van der Waals surface area contributed by atoms with E-state index < -0.39 is 0 Å². The Balaban J connectivity index is 1.48. The Bertz CT molecular complexity index is 1330. The van der Waals surface area contributed by atoms with Crippen LogP contribution in [-0.4, -0.2) is 15.7 Å². The monoisotopic (exact) mass is 513 g/mol. The van der Waals surface area contributed by atoms with Gasteiger partial charge in [-0.3, -0.25) is 9.48 Å². The van der Waals surface area contributed by atoms with Crippen LogP contribution in [0, 0.1) is 13.8 Å². The highest BCUT2D eigenvalue weighted by Crippen LogP contribution is 2.28. The molecule has 1 N–H and O–H groups in total. The average Bonchev–Trinajstić information content (AvgIpc) is 3.08. The van der Waals surface area contributed by atoms with Gasteiger partial charge in [-0.15, -0.1) is 0 Å². The lowest BCUT2D eigenvalue weighted by Gasteiger charge is -2.10. The number of anilines is 1. The smallest absolute Gasteiger partial charge is 0.255 e. The van der Waals surface area contributed by atoms with E-state index in [9.17, 15) is 4.79 Å². The summed E-state index contributed by atoms with van der Waals surface area (Å²) in [5, 5.41) is 9.32. The Morgan fingerprint density at radius 2 is 1.68 bits per heavy atom. The van der Waals surface area contributed by atoms with Crippen molar-refractivity contribution in [3.8, 4) is 5.75 Å². The average molecular weight is 515 g/mol. The number of hydrogen-bond donors (Lipinski definition) is 1. The van der Waals surface area contributed by atoms with Crippen molar-refractivity contribution in [2.45, 2.75) is 27.0 Å². The lowest BCUT2D eigenvalue weighted by Crippen LogP contribution is -2.14. The fourth-order valence-corrected chi connectivity index (χ4v) is 4.27. The maximum atomic E-state index is 13.0. The molecule has 8 heteroatoms. The quantitative estimate of drug-likeness (QED) is 0.281. The second-order valence-electron chi connectivity index (χ2n) is 7.80. The SMILES string of the molecule is Cc1nn(Cc2c(Cl)cccc2Cl)c(C)c1NC(=O)c1cccc(COc2cccc(Cl)c2)c1. The van der Waals surface area contributed by atoms with E-state index in [0.717, 1.165) is 16.8 Å². The second-order valence-corrected chi connectivity index (χ2v) is 9.06. The zero-order chi connectivity index (χ0) is 24.2. The van der Waals surface area contributed by atoms with Gasteiger partial charge in [-0.1, -0.05) is 59.1 Å². The van der Waals surface area contributed by atoms with Gasteiger partial charge >= 0.3 is 0 Å². The van der Waals surface area contributed by atoms with Crippen molar-refractivity contribution in [1.82, 2.24) is 9.78 Å². The third kappa shape index (κ3) is 5.55. The number of amides is 1. The summed E-state index contributed by atoms with van der Waals surface area (Å²) in [7, 11) is 0. The van der Waals surface area contributed by atoms with E-state index in [1.54, 1.807) is 47.1 Å². The number of halogens is 3. The zero-order valence-corrected chi connectivity index (χ0v) is 20.9. The fourth-order valence-electron chi connectivity index (χ4n) is 3.58. The molecule has 0 saturated carbocycles. The minimum Gasteiger partial charge on any atom is -0.489 e. The Morgan fingerprint density at radius 1 is 0.971 bits per heavy atom. The first-order valence-electron chi connectivity index (χ1n) is 10.6. The summed E-state index contributed by atoms with van der Waals surface area (Å²) < 4.78 is 7.58. The van der Waals surface area contributed by atoms with Crippen LogP contribution >= 0.6 is 34.8 Å². The van der Waals surface area contributed by atoms with Crippen LogP contribution in [0.3, 0.4) is 0 Å². The lowest BCUT2D eigenvalue weighted by atomic mass is 10.1. The Labute approximate surface area is 213 Å². The molecule has 0 radical (unpaired) electrons. The van der Waals surface area contributed by atoms with Gasteiger partial charge in [0, 0.05) is 26.2 Å². The van der Waals surface area contributed by atoms with Gasteiger partial charge in [0.2, 0.25) is 0 Å². The first-order valence-corrected chi connectivity index (χ1v) is 11.7. The number of nitrogens with zero attached hydrogens (tertiary/aromatic N) is 2. The first-order chi connectivity index (χ1) is 16.3. The van der Waals surface area contributed by atoms with E-state index in [4.69, 9.17) is 39.5 Å². The highest BCUT2D eigenvalue weighted by molar-refractivity contribution is 6.36. The number of nitrogens with one attached hydrogen (secondary N) is 1. The number of rotatable bonds is 7. The number of benzene rings is 3. The minimum atomic E-state index is -0.230. The molecular weight excluding hydrogens is 493 g/mol. The predicted octanol–water partition coefficient (Wildman–Crippen LogP) is 7.34. The Morgan fingerprint density at radius 3 is 2.41 bits per heavy atom. The standard InChI is InChI=1S/C26H22Cl3N3O2/c1-16-25(17(2)32(31-16)14-22-23(28)10-5-11-24(22)29)30-26(33)19-7-3-6-18(12-19)15-34-21-9-4-8-20(27)13-21/h3-13H,14-15H2,1-2H3,(H,30,33). The van der Waals surface area contributed by atoms with E-state index in [1.165, 1.54) is 0 Å². The van der Waals surface area contributed by atoms with E-state index in [1.807, 2.05) is 38.1 Å². The van der Waals surface area contributed by atoms with Gasteiger partial charge in [0.15, 0.2) is 0 Å².